The van der Waals surface area contributed by atoms with Crippen LogP contribution in [-0.2, 0) is 29.4 Å². The summed E-state index contributed by atoms with van der Waals surface area (Å²) < 4.78 is 25.9. The second kappa shape index (κ2) is 7.62. The average Bonchev–Trinajstić information content (AvgIpc) is 2.85. The van der Waals surface area contributed by atoms with Crippen LogP contribution in [-0.4, -0.2) is 66.0 Å². The number of nitrogens with zero attached hydrogens (tertiary/aromatic N) is 3. The van der Waals surface area contributed by atoms with Gasteiger partial charge in [0.05, 0.1) is 6.26 Å². The summed E-state index contributed by atoms with van der Waals surface area (Å²) in [5, 5.41) is 17.0. The highest BCUT2D eigenvalue weighted by atomic mass is 32.2. The molecule has 0 saturated heterocycles. The summed E-state index contributed by atoms with van der Waals surface area (Å²) in [6.45, 7) is 3.70. The number of aromatic nitrogens is 2. The zero-order chi connectivity index (χ0) is 17.9. The van der Waals surface area contributed by atoms with Crippen LogP contribution in [0.2, 0.25) is 0 Å². The van der Waals surface area contributed by atoms with Crippen molar-refractivity contribution in [1.82, 2.24) is 19.4 Å². The SMILES string of the molecule is CCCn1nc(C(=O)O)c2c1CC[C@@H](NCCN(C)S(C)(=O)=O)C2. The number of rotatable bonds is 8. The standard InChI is InChI=1S/C15H26N4O4S/c1-4-8-19-13-6-5-11(10-12(13)14(17-19)15(20)21)16-7-9-18(2)24(3,22)23/h11,16H,4-10H2,1-3H3,(H,20,21)/t11-/m1/s1. The quantitative estimate of drug-likeness (QED) is 0.694. The lowest BCUT2D eigenvalue weighted by molar-refractivity contribution is 0.0688. The van der Waals surface area contributed by atoms with E-state index in [-0.39, 0.29) is 11.7 Å². The van der Waals surface area contributed by atoms with Gasteiger partial charge >= 0.3 is 5.97 Å². The van der Waals surface area contributed by atoms with Crippen LogP contribution in [0.1, 0.15) is 41.5 Å². The van der Waals surface area contributed by atoms with Gasteiger partial charge in [-0.15, -0.1) is 0 Å². The Morgan fingerprint density at radius 2 is 2.21 bits per heavy atom. The highest BCUT2D eigenvalue weighted by Crippen LogP contribution is 2.25. The van der Waals surface area contributed by atoms with Gasteiger partial charge < -0.3 is 10.4 Å². The lowest BCUT2D eigenvalue weighted by Crippen LogP contribution is -2.40. The van der Waals surface area contributed by atoms with Crippen LogP contribution in [0.5, 0.6) is 0 Å². The molecule has 0 saturated carbocycles. The smallest absolute Gasteiger partial charge is 0.356 e. The van der Waals surface area contributed by atoms with Crippen molar-refractivity contribution in [2.24, 2.45) is 0 Å². The molecular formula is C15H26N4O4S. The minimum atomic E-state index is -3.17. The Labute approximate surface area is 142 Å². The second-order valence-corrected chi connectivity index (χ2v) is 8.37. The summed E-state index contributed by atoms with van der Waals surface area (Å²) >= 11 is 0. The molecular weight excluding hydrogens is 332 g/mol. The van der Waals surface area contributed by atoms with E-state index in [4.69, 9.17) is 0 Å². The number of aromatic carboxylic acids is 1. The summed E-state index contributed by atoms with van der Waals surface area (Å²) in [6.07, 6.45) is 4.39. The van der Waals surface area contributed by atoms with Crippen LogP contribution in [0, 0.1) is 0 Å². The van der Waals surface area contributed by atoms with Crippen molar-refractivity contribution in [1.29, 1.82) is 0 Å². The monoisotopic (exact) mass is 358 g/mol. The summed E-state index contributed by atoms with van der Waals surface area (Å²) in [7, 11) is -1.62. The first-order valence-corrected chi connectivity index (χ1v) is 10.1. The van der Waals surface area contributed by atoms with Crippen molar-refractivity contribution >= 4 is 16.0 Å². The molecule has 1 aromatic rings. The summed E-state index contributed by atoms with van der Waals surface area (Å²) in [6, 6.07) is 0.142. The number of sulfonamides is 1. The number of fused-ring (bicyclic) bond motifs is 1. The lowest BCUT2D eigenvalue weighted by Gasteiger charge is -2.25. The zero-order valence-electron chi connectivity index (χ0n) is 14.4. The molecule has 0 aromatic carbocycles. The van der Waals surface area contributed by atoms with Gasteiger partial charge in [0.25, 0.3) is 0 Å². The van der Waals surface area contributed by atoms with Gasteiger partial charge in [-0.3, -0.25) is 4.68 Å². The topological polar surface area (TPSA) is 105 Å². The van der Waals surface area contributed by atoms with Gasteiger partial charge in [-0.05, 0) is 25.7 Å². The summed E-state index contributed by atoms with van der Waals surface area (Å²) in [5.74, 6) is -0.987. The van der Waals surface area contributed by atoms with Crippen LogP contribution in [0.4, 0.5) is 0 Å². The third-order valence-corrected chi connectivity index (χ3v) is 5.73. The molecule has 0 radical (unpaired) electrons. The van der Waals surface area contributed by atoms with Gasteiger partial charge in [0.2, 0.25) is 10.0 Å². The van der Waals surface area contributed by atoms with E-state index in [0.29, 0.717) is 19.5 Å². The number of carboxylic acids is 1. The van der Waals surface area contributed by atoms with Crippen molar-refractivity contribution in [3.05, 3.63) is 17.0 Å². The van der Waals surface area contributed by atoms with Gasteiger partial charge in [-0.25, -0.2) is 17.5 Å². The minimum Gasteiger partial charge on any atom is -0.476 e. The molecule has 0 unspecified atom stereocenters. The molecule has 1 aliphatic carbocycles. The Balaban J connectivity index is 2.02. The molecule has 1 atom stereocenters. The fourth-order valence-electron chi connectivity index (χ4n) is 3.02. The lowest BCUT2D eigenvalue weighted by atomic mass is 9.91. The minimum absolute atomic E-state index is 0.142. The van der Waals surface area contributed by atoms with E-state index >= 15 is 0 Å². The first-order valence-electron chi connectivity index (χ1n) is 8.20. The molecule has 1 heterocycles. The largest absolute Gasteiger partial charge is 0.476 e. The van der Waals surface area contributed by atoms with Crippen LogP contribution in [0.25, 0.3) is 0 Å². The van der Waals surface area contributed by atoms with Crippen molar-refractivity contribution in [2.75, 3.05) is 26.4 Å². The maximum Gasteiger partial charge on any atom is 0.356 e. The molecule has 9 heteroatoms. The maximum absolute atomic E-state index is 11.4. The van der Waals surface area contributed by atoms with Crippen LogP contribution >= 0.6 is 0 Å². The second-order valence-electron chi connectivity index (χ2n) is 6.28. The van der Waals surface area contributed by atoms with Gasteiger partial charge in [-0.2, -0.15) is 5.10 Å². The molecule has 0 fully saturated rings. The Morgan fingerprint density at radius 3 is 2.79 bits per heavy atom. The predicted molar refractivity (Wildman–Crippen MR) is 90.8 cm³/mol. The van der Waals surface area contributed by atoms with E-state index in [1.807, 2.05) is 11.6 Å². The van der Waals surface area contributed by atoms with E-state index in [0.717, 1.165) is 37.1 Å². The molecule has 0 spiro atoms. The fourth-order valence-corrected chi connectivity index (χ4v) is 3.45. The van der Waals surface area contributed by atoms with Crippen molar-refractivity contribution in [2.45, 2.75) is 45.2 Å². The number of carboxylic acid groups (broad SMARTS) is 1. The Kier molecular flexibility index (Phi) is 6.00. The van der Waals surface area contributed by atoms with Gasteiger partial charge in [0.1, 0.15) is 0 Å². The van der Waals surface area contributed by atoms with Crippen LogP contribution in [0.15, 0.2) is 0 Å². The summed E-state index contributed by atoms with van der Waals surface area (Å²) in [4.78, 5) is 11.4. The number of hydrogen-bond acceptors (Lipinski definition) is 5. The molecule has 0 bridgehead atoms. The number of hydrogen-bond donors (Lipinski definition) is 2. The molecule has 24 heavy (non-hydrogen) atoms. The molecule has 2 N–H and O–H groups in total. The molecule has 0 amide bonds. The maximum atomic E-state index is 11.4. The van der Waals surface area contributed by atoms with E-state index in [9.17, 15) is 18.3 Å². The normalized spacial score (nSPS) is 17.9. The average molecular weight is 358 g/mol. The summed E-state index contributed by atoms with van der Waals surface area (Å²) in [5.41, 5.74) is 2.00. The Morgan fingerprint density at radius 1 is 1.50 bits per heavy atom. The molecule has 2 rings (SSSR count). The molecule has 1 aliphatic rings. The number of aryl methyl sites for hydroxylation is 1. The van der Waals surface area contributed by atoms with Crippen molar-refractivity contribution in [3.63, 3.8) is 0 Å². The number of likely N-dealkylation sites (N-methyl/N-ethyl adjacent to an activating group) is 1. The fraction of sp³-hybridized carbons (Fsp3) is 0.733. The molecule has 1 aromatic heterocycles. The van der Waals surface area contributed by atoms with E-state index in [1.54, 1.807) is 7.05 Å². The van der Waals surface area contributed by atoms with E-state index in [2.05, 4.69) is 10.4 Å². The zero-order valence-corrected chi connectivity index (χ0v) is 15.3. The molecule has 8 nitrogen and oxygen atoms in total. The van der Waals surface area contributed by atoms with Crippen molar-refractivity contribution < 1.29 is 18.3 Å². The van der Waals surface area contributed by atoms with Crippen LogP contribution in [0.3, 0.4) is 0 Å². The van der Waals surface area contributed by atoms with Gasteiger partial charge in [0, 0.05) is 44.0 Å². The van der Waals surface area contributed by atoms with E-state index < -0.39 is 16.0 Å². The van der Waals surface area contributed by atoms with Crippen LogP contribution < -0.4 is 5.32 Å². The van der Waals surface area contributed by atoms with Crippen molar-refractivity contribution in [3.8, 4) is 0 Å². The third kappa shape index (κ3) is 4.34. The highest BCUT2D eigenvalue weighted by Gasteiger charge is 2.28. The highest BCUT2D eigenvalue weighted by molar-refractivity contribution is 7.88. The first kappa shape index (κ1) is 18.9. The Hall–Kier alpha value is -1.45. The molecule has 136 valence electrons. The first-order chi connectivity index (χ1) is 11.2. The Bertz CT molecular complexity index is 699. The predicted octanol–water partition coefficient (Wildman–Crippen LogP) is 0.330. The third-order valence-electron chi connectivity index (χ3n) is 4.41. The number of nitrogens with one attached hydrogen (secondary N) is 1. The molecule has 0 aliphatic heterocycles. The van der Waals surface area contributed by atoms with Gasteiger partial charge in [0.15, 0.2) is 5.69 Å². The van der Waals surface area contributed by atoms with Gasteiger partial charge in [-0.1, -0.05) is 6.92 Å². The van der Waals surface area contributed by atoms with E-state index in [1.165, 1.54) is 10.6 Å². The number of carbonyl (C=O) groups is 1.